The van der Waals surface area contributed by atoms with Gasteiger partial charge in [-0.3, -0.25) is 0 Å². The first kappa shape index (κ1) is 7.53. The van der Waals surface area contributed by atoms with Gasteiger partial charge in [-0.25, -0.2) is 14.3 Å². The Hall–Kier alpha value is -2.12. The smallest absolute Gasteiger partial charge is 0.240 e. The number of hydrogen-bond acceptors (Lipinski definition) is 6. The van der Waals surface area contributed by atoms with Crippen LogP contribution in [0, 0.1) is 0 Å². The maximum absolute atomic E-state index is 5.52. The summed E-state index contributed by atoms with van der Waals surface area (Å²) in [6.07, 6.45) is 2.99. The van der Waals surface area contributed by atoms with Crippen LogP contribution in [0.3, 0.4) is 0 Å². The van der Waals surface area contributed by atoms with Crippen molar-refractivity contribution >= 4 is 5.95 Å². The lowest BCUT2D eigenvalue weighted by Gasteiger charge is -1.99. The maximum atomic E-state index is 5.52. The van der Waals surface area contributed by atoms with Crippen LogP contribution >= 0.6 is 0 Å². The molecule has 8 nitrogen and oxygen atoms in total. The highest BCUT2D eigenvalue weighted by Crippen LogP contribution is 1.98. The molecule has 4 N–H and O–H groups in total. The molecule has 2 rings (SSSR count). The number of hydrogen-bond donors (Lipinski definition) is 2. The van der Waals surface area contributed by atoms with Gasteiger partial charge in [-0.1, -0.05) is 0 Å². The first-order valence-corrected chi connectivity index (χ1v) is 3.54. The van der Waals surface area contributed by atoms with Gasteiger partial charge in [0.15, 0.2) is 5.82 Å². The maximum Gasteiger partial charge on any atom is 0.240 e. The molecule has 0 amide bonds. The molecule has 0 spiro atoms. The third-order valence-corrected chi connectivity index (χ3v) is 1.56. The molecule has 0 saturated carbocycles. The highest BCUT2D eigenvalue weighted by Gasteiger charge is 2.06. The van der Waals surface area contributed by atoms with Crippen molar-refractivity contribution in [1.29, 1.82) is 0 Å². The summed E-state index contributed by atoms with van der Waals surface area (Å²) >= 11 is 0. The molecule has 13 heavy (non-hydrogen) atoms. The van der Waals surface area contributed by atoms with E-state index in [-0.39, 0.29) is 5.95 Å². The molecule has 0 fully saturated rings. The second kappa shape index (κ2) is 2.73. The molecule has 0 aliphatic carbocycles. The number of nitrogens with two attached hydrogens (primary N) is 2. The summed E-state index contributed by atoms with van der Waals surface area (Å²) in [4.78, 5) is 3.78. The quantitative estimate of drug-likeness (QED) is 0.528. The minimum Gasteiger partial charge on any atom is -0.366 e. The van der Waals surface area contributed by atoms with Gasteiger partial charge in [-0.15, -0.1) is 10.2 Å². The van der Waals surface area contributed by atoms with Crippen LogP contribution in [0.15, 0.2) is 12.7 Å². The Balaban J connectivity index is 2.24. The Morgan fingerprint density at radius 3 is 2.77 bits per heavy atom. The van der Waals surface area contributed by atoms with Crippen LogP contribution in [0.2, 0.25) is 0 Å². The fourth-order valence-electron chi connectivity index (χ4n) is 0.905. The lowest BCUT2D eigenvalue weighted by atomic mass is 10.6. The zero-order chi connectivity index (χ0) is 9.26. The van der Waals surface area contributed by atoms with E-state index in [4.69, 9.17) is 11.6 Å². The van der Waals surface area contributed by atoms with Gasteiger partial charge < -0.3 is 11.6 Å². The summed E-state index contributed by atoms with van der Waals surface area (Å²) in [6, 6.07) is 0. The van der Waals surface area contributed by atoms with Crippen LogP contribution < -0.4 is 11.6 Å². The summed E-state index contributed by atoms with van der Waals surface area (Å²) in [5.41, 5.74) is 5.39. The summed E-state index contributed by atoms with van der Waals surface area (Å²) in [5, 5.41) is 11.3. The molecule has 0 unspecified atom stereocenters. The second-order valence-corrected chi connectivity index (χ2v) is 2.44. The second-order valence-electron chi connectivity index (χ2n) is 2.44. The molecular weight excluding hydrogens is 172 g/mol. The molecule has 0 aromatic carbocycles. The third-order valence-electron chi connectivity index (χ3n) is 1.56. The van der Waals surface area contributed by atoms with E-state index >= 15 is 0 Å². The van der Waals surface area contributed by atoms with E-state index < -0.39 is 0 Å². The van der Waals surface area contributed by atoms with Crippen LogP contribution in [0.4, 0.5) is 5.95 Å². The number of aromatic nitrogens is 6. The highest BCUT2D eigenvalue weighted by molar-refractivity contribution is 5.16. The highest BCUT2D eigenvalue weighted by atomic mass is 15.5. The normalized spacial score (nSPS) is 10.5. The lowest BCUT2D eigenvalue weighted by Crippen LogP contribution is -2.17. The molecular formula is C5H8N8. The molecule has 0 bridgehead atoms. The summed E-state index contributed by atoms with van der Waals surface area (Å²) in [5.74, 6) is 6.23. The van der Waals surface area contributed by atoms with Crippen LogP contribution in [0.25, 0.3) is 0 Å². The average molecular weight is 180 g/mol. The zero-order valence-corrected chi connectivity index (χ0v) is 6.70. The molecule has 8 heteroatoms. The van der Waals surface area contributed by atoms with Crippen molar-refractivity contribution in [3.8, 4) is 0 Å². The van der Waals surface area contributed by atoms with E-state index in [9.17, 15) is 0 Å². The van der Waals surface area contributed by atoms with Crippen LogP contribution in [-0.2, 0) is 6.54 Å². The third kappa shape index (κ3) is 1.28. The van der Waals surface area contributed by atoms with Crippen molar-refractivity contribution in [3.63, 3.8) is 0 Å². The minimum atomic E-state index is 0.176. The van der Waals surface area contributed by atoms with Gasteiger partial charge >= 0.3 is 0 Å². The molecule has 0 atom stereocenters. The van der Waals surface area contributed by atoms with Crippen molar-refractivity contribution < 1.29 is 0 Å². The van der Waals surface area contributed by atoms with Crippen LogP contribution in [0.5, 0.6) is 0 Å². The van der Waals surface area contributed by atoms with Gasteiger partial charge in [0.05, 0.1) is 0 Å². The Bertz CT molecular complexity index is 387. The Labute approximate surface area is 73.2 Å². The summed E-state index contributed by atoms with van der Waals surface area (Å²) in [7, 11) is 0. The first-order chi connectivity index (χ1) is 6.27. The van der Waals surface area contributed by atoms with E-state index in [1.165, 1.54) is 11.0 Å². The predicted octanol–water partition coefficient (Wildman–Crippen LogP) is -1.79. The Morgan fingerprint density at radius 1 is 1.38 bits per heavy atom. The fourth-order valence-corrected chi connectivity index (χ4v) is 0.905. The van der Waals surface area contributed by atoms with Crippen LogP contribution in [0.1, 0.15) is 5.82 Å². The minimum absolute atomic E-state index is 0.176. The van der Waals surface area contributed by atoms with Gasteiger partial charge in [-0.05, 0) is 0 Å². The molecule has 0 radical (unpaired) electrons. The molecule has 68 valence electrons. The zero-order valence-electron chi connectivity index (χ0n) is 6.70. The van der Waals surface area contributed by atoms with Crippen molar-refractivity contribution in [1.82, 2.24) is 29.6 Å². The molecule has 2 heterocycles. The molecule has 2 aromatic rings. The Morgan fingerprint density at radius 2 is 2.23 bits per heavy atom. The summed E-state index contributed by atoms with van der Waals surface area (Å²) in [6.45, 7) is 0.403. The van der Waals surface area contributed by atoms with Crippen molar-refractivity contribution in [2.75, 3.05) is 11.6 Å². The number of nitrogens with zero attached hydrogens (tertiary/aromatic N) is 6. The van der Waals surface area contributed by atoms with E-state index in [1.807, 2.05) is 0 Å². The van der Waals surface area contributed by atoms with E-state index in [2.05, 4.69) is 20.3 Å². The largest absolute Gasteiger partial charge is 0.366 e. The van der Waals surface area contributed by atoms with Gasteiger partial charge in [0.25, 0.3) is 0 Å². The van der Waals surface area contributed by atoms with Gasteiger partial charge in [0.2, 0.25) is 5.95 Å². The van der Waals surface area contributed by atoms with Crippen LogP contribution in [-0.4, -0.2) is 29.6 Å². The molecule has 2 aromatic heterocycles. The number of rotatable bonds is 2. The molecule has 0 aliphatic heterocycles. The standard InChI is InChI=1S/C5H8N8/c6-5-11-10-4(13(5)7)1-12-3-8-2-9-12/h2-3H,1,7H2,(H2,6,11). The van der Waals surface area contributed by atoms with Gasteiger partial charge in [0.1, 0.15) is 19.2 Å². The number of anilines is 1. The van der Waals surface area contributed by atoms with E-state index in [0.717, 1.165) is 0 Å². The first-order valence-electron chi connectivity index (χ1n) is 3.54. The van der Waals surface area contributed by atoms with Gasteiger partial charge in [-0.2, -0.15) is 5.10 Å². The molecule has 0 aliphatic rings. The van der Waals surface area contributed by atoms with Crippen molar-refractivity contribution in [2.45, 2.75) is 6.54 Å². The summed E-state index contributed by atoms with van der Waals surface area (Å²) < 4.78 is 2.79. The monoisotopic (exact) mass is 180 g/mol. The SMILES string of the molecule is Nc1nnc(Cn2cncn2)n1N. The van der Waals surface area contributed by atoms with E-state index in [1.54, 1.807) is 11.0 Å². The average Bonchev–Trinajstić information content (AvgIpc) is 2.71. The topological polar surface area (TPSA) is 113 Å². The van der Waals surface area contributed by atoms with E-state index in [0.29, 0.717) is 12.4 Å². The predicted molar refractivity (Wildman–Crippen MR) is 43.7 cm³/mol. The Kier molecular flexibility index (Phi) is 1.58. The van der Waals surface area contributed by atoms with Crippen molar-refractivity contribution in [2.24, 2.45) is 0 Å². The fraction of sp³-hybridized carbons (Fsp3) is 0.200. The number of nitrogen functional groups attached to an aromatic ring is 2. The lowest BCUT2D eigenvalue weighted by molar-refractivity contribution is 0.638. The van der Waals surface area contributed by atoms with Crippen molar-refractivity contribution in [3.05, 3.63) is 18.5 Å². The van der Waals surface area contributed by atoms with Gasteiger partial charge in [0, 0.05) is 0 Å². The molecule has 0 saturated heterocycles.